The third-order valence-corrected chi connectivity index (χ3v) is 7.36. The summed E-state index contributed by atoms with van der Waals surface area (Å²) in [5.74, 6) is 1.31. The molecule has 0 amide bonds. The van der Waals surface area contributed by atoms with Crippen LogP contribution in [0.4, 0.5) is 0 Å². The third kappa shape index (κ3) is 4.00. The summed E-state index contributed by atoms with van der Waals surface area (Å²) >= 11 is 0. The van der Waals surface area contributed by atoms with Gasteiger partial charge in [-0.3, -0.25) is 9.88 Å². The molecular formula is C28H29N5O2. The predicted octanol–water partition coefficient (Wildman–Crippen LogP) is 5.00. The Hall–Kier alpha value is -3.55. The zero-order chi connectivity index (χ0) is 23.8. The first-order valence-electron chi connectivity index (χ1n) is 12.3. The lowest BCUT2D eigenvalue weighted by atomic mass is 9.84. The molecule has 6 rings (SSSR count). The largest absolute Gasteiger partial charge is 0.385 e. The van der Waals surface area contributed by atoms with Crippen molar-refractivity contribution in [3.8, 4) is 0 Å². The average molecular weight is 468 g/mol. The van der Waals surface area contributed by atoms with E-state index in [9.17, 15) is 5.11 Å². The smallest absolute Gasteiger partial charge is 0.226 e. The molecule has 0 spiro atoms. The molecule has 178 valence electrons. The maximum absolute atomic E-state index is 11.5. The molecule has 3 aromatic heterocycles. The van der Waals surface area contributed by atoms with E-state index in [-0.39, 0.29) is 6.17 Å². The van der Waals surface area contributed by atoms with E-state index in [1.165, 1.54) is 16.3 Å². The first kappa shape index (κ1) is 21.9. The van der Waals surface area contributed by atoms with Crippen LogP contribution in [0.1, 0.15) is 42.7 Å². The van der Waals surface area contributed by atoms with Gasteiger partial charge in [-0.25, -0.2) is 0 Å². The highest BCUT2D eigenvalue weighted by molar-refractivity contribution is 6.07. The Kier molecular flexibility index (Phi) is 5.59. The summed E-state index contributed by atoms with van der Waals surface area (Å²) in [6, 6.07) is 20.7. The molecule has 1 aliphatic rings. The van der Waals surface area contributed by atoms with Gasteiger partial charge >= 0.3 is 0 Å². The van der Waals surface area contributed by atoms with E-state index in [1.807, 2.05) is 49.6 Å². The Morgan fingerprint density at radius 1 is 0.971 bits per heavy atom. The Labute approximate surface area is 204 Å². The van der Waals surface area contributed by atoms with Crippen molar-refractivity contribution in [2.75, 3.05) is 13.1 Å². The summed E-state index contributed by atoms with van der Waals surface area (Å²) < 4.78 is 7.85. The van der Waals surface area contributed by atoms with E-state index in [0.717, 1.165) is 30.6 Å². The third-order valence-electron chi connectivity index (χ3n) is 7.36. The van der Waals surface area contributed by atoms with Gasteiger partial charge in [0.05, 0.1) is 29.0 Å². The van der Waals surface area contributed by atoms with Gasteiger partial charge in [0.25, 0.3) is 0 Å². The second-order valence-corrected chi connectivity index (χ2v) is 9.47. The van der Waals surface area contributed by atoms with Crippen LogP contribution in [0.3, 0.4) is 0 Å². The second-order valence-electron chi connectivity index (χ2n) is 9.47. The lowest BCUT2D eigenvalue weighted by molar-refractivity contribution is -0.0450. The molecule has 35 heavy (non-hydrogen) atoms. The van der Waals surface area contributed by atoms with Crippen molar-refractivity contribution < 1.29 is 9.63 Å². The Morgan fingerprint density at radius 2 is 1.71 bits per heavy atom. The standard InChI is InChI=1S/C28H29N5O2/c1-20-30-26(35-31-20)11-12-27(32-17-14-28(34,15-18-32)21-7-3-2-4-8-21)33-24-10-6-5-9-22(24)23-13-16-29-19-25(23)33/h2-10,13,16,19,27,34H,11-12,14-15,17-18H2,1H3. The fourth-order valence-corrected chi connectivity index (χ4v) is 5.57. The summed E-state index contributed by atoms with van der Waals surface area (Å²) in [6.07, 6.45) is 6.74. The first-order chi connectivity index (χ1) is 17.1. The van der Waals surface area contributed by atoms with Crippen LogP contribution in [0.2, 0.25) is 0 Å². The highest BCUT2D eigenvalue weighted by atomic mass is 16.5. The number of para-hydroxylation sites is 1. The van der Waals surface area contributed by atoms with Gasteiger partial charge in [0.15, 0.2) is 5.82 Å². The van der Waals surface area contributed by atoms with E-state index in [0.29, 0.717) is 31.0 Å². The number of aromatic nitrogens is 4. The number of fused-ring (bicyclic) bond motifs is 3. The van der Waals surface area contributed by atoms with Gasteiger partial charge in [-0.2, -0.15) is 4.98 Å². The number of benzene rings is 2. The molecule has 7 heteroatoms. The molecule has 0 aliphatic carbocycles. The van der Waals surface area contributed by atoms with Gasteiger partial charge in [0, 0.05) is 36.5 Å². The van der Waals surface area contributed by atoms with Gasteiger partial charge in [-0.1, -0.05) is 53.7 Å². The van der Waals surface area contributed by atoms with E-state index >= 15 is 0 Å². The van der Waals surface area contributed by atoms with Gasteiger partial charge in [-0.15, -0.1) is 0 Å². The van der Waals surface area contributed by atoms with Gasteiger partial charge in [0.2, 0.25) is 5.89 Å². The Balaban J connectivity index is 1.38. The van der Waals surface area contributed by atoms with Crippen LogP contribution >= 0.6 is 0 Å². The van der Waals surface area contributed by atoms with Crippen LogP contribution in [0.25, 0.3) is 21.8 Å². The number of piperidine rings is 1. The van der Waals surface area contributed by atoms with Gasteiger partial charge in [-0.05, 0) is 43.9 Å². The van der Waals surface area contributed by atoms with Crippen molar-refractivity contribution >= 4 is 21.8 Å². The quantitative estimate of drug-likeness (QED) is 0.379. The predicted molar refractivity (Wildman–Crippen MR) is 135 cm³/mol. The first-order valence-corrected chi connectivity index (χ1v) is 12.3. The molecule has 2 aromatic carbocycles. The van der Waals surface area contributed by atoms with Crippen molar-refractivity contribution in [3.63, 3.8) is 0 Å². The molecule has 4 heterocycles. The zero-order valence-electron chi connectivity index (χ0n) is 19.8. The zero-order valence-corrected chi connectivity index (χ0v) is 19.8. The van der Waals surface area contributed by atoms with Crippen LogP contribution < -0.4 is 0 Å². The minimum Gasteiger partial charge on any atom is -0.385 e. The van der Waals surface area contributed by atoms with Crippen molar-refractivity contribution in [1.82, 2.24) is 24.6 Å². The van der Waals surface area contributed by atoms with Crippen molar-refractivity contribution in [2.45, 2.75) is 44.4 Å². The topological polar surface area (TPSA) is 80.2 Å². The van der Waals surface area contributed by atoms with Crippen LogP contribution in [0, 0.1) is 6.92 Å². The summed E-state index contributed by atoms with van der Waals surface area (Å²) in [4.78, 5) is 11.4. The number of nitrogens with zero attached hydrogens (tertiary/aromatic N) is 5. The number of hydrogen-bond donors (Lipinski definition) is 1. The van der Waals surface area contributed by atoms with Crippen molar-refractivity contribution in [1.29, 1.82) is 0 Å². The molecule has 0 bridgehead atoms. The lowest BCUT2D eigenvalue weighted by Gasteiger charge is -2.42. The SMILES string of the molecule is Cc1noc(CCC(N2CCC(O)(c3ccccc3)CC2)n2c3ccccc3c3ccncc32)n1. The highest BCUT2D eigenvalue weighted by Crippen LogP contribution is 2.39. The minimum atomic E-state index is -0.797. The van der Waals surface area contributed by atoms with Crippen molar-refractivity contribution in [2.24, 2.45) is 0 Å². The molecule has 7 nitrogen and oxygen atoms in total. The molecular weight excluding hydrogens is 438 g/mol. The number of aliphatic hydroxyl groups is 1. The van der Waals surface area contributed by atoms with E-state index in [2.05, 4.69) is 54.9 Å². The molecule has 1 atom stereocenters. The molecule has 1 unspecified atom stereocenters. The molecule has 5 aromatic rings. The van der Waals surface area contributed by atoms with Gasteiger partial charge in [0.1, 0.15) is 0 Å². The molecule has 1 saturated heterocycles. The fraction of sp³-hybridized carbons (Fsp3) is 0.321. The van der Waals surface area contributed by atoms with Gasteiger partial charge < -0.3 is 14.2 Å². The normalized spacial score (nSPS) is 17.2. The average Bonchev–Trinajstić information content (AvgIpc) is 3.47. The maximum Gasteiger partial charge on any atom is 0.226 e. The fourth-order valence-electron chi connectivity index (χ4n) is 5.57. The van der Waals surface area contributed by atoms with Crippen LogP contribution in [-0.2, 0) is 12.0 Å². The maximum atomic E-state index is 11.5. The monoisotopic (exact) mass is 467 g/mol. The summed E-state index contributed by atoms with van der Waals surface area (Å²) in [7, 11) is 0. The minimum absolute atomic E-state index is 0.0640. The molecule has 0 radical (unpaired) electrons. The van der Waals surface area contributed by atoms with Crippen LogP contribution in [0.5, 0.6) is 0 Å². The molecule has 1 aliphatic heterocycles. The number of pyridine rings is 1. The van der Waals surface area contributed by atoms with E-state index < -0.39 is 5.60 Å². The summed E-state index contributed by atoms with van der Waals surface area (Å²) in [5, 5.41) is 17.8. The summed E-state index contributed by atoms with van der Waals surface area (Å²) in [6.45, 7) is 3.42. The molecule has 1 N–H and O–H groups in total. The van der Waals surface area contributed by atoms with Crippen LogP contribution in [0.15, 0.2) is 77.6 Å². The van der Waals surface area contributed by atoms with E-state index in [1.54, 1.807) is 0 Å². The number of likely N-dealkylation sites (tertiary alicyclic amines) is 1. The van der Waals surface area contributed by atoms with Crippen LogP contribution in [-0.4, -0.2) is 42.8 Å². The number of aryl methyl sites for hydroxylation is 2. The number of rotatable bonds is 6. The highest BCUT2D eigenvalue weighted by Gasteiger charge is 2.37. The molecule has 0 saturated carbocycles. The van der Waals surface area contributed by atoms with Crippen molar-refractivity contribution in [3.05, 3.63) is 90.3 Å². The number of hydrogen-bond acceptors (Lipinski definition) is 6. The molecule has 1 fully saturated rings. The summed E-state index contributed by atoms with van der Waals surface area (Å²) in [5.41, 5.74) is 2.50. The Bertz CT molecular complexity index is 1400. The lowest BCUT2D eigenvalue weighted by Crippen LogP contribution is -2.45. The van der Waals surface area contributed by atoms with E-state index in [4.69, 9.17) is 4.52 Å². The Morgan fingerprint density at radius 3 is 2.49 bits per heavy atom. The second kappa shape index (κ2) is 8.91.